The fourth-order valence-corrected chi connectivity index (χ4v) is 8.07. The highest BCUT2D eigenvalue weighted by Gasteiger charge is 2.38. The van der Waals surface area contributed by atoms with Crippen molar-refractivity contribution in [2.75, 3.05) is 19.6 Å². The van der Waals surface area contributed by atoms with Crippen molar-refractivity contribution in [1.82, 2.24) is 24.7 Å². The molecule has 3 aliphatic rings. The van der Waals surface area contributed by atoms with E-state index in [4.69, 9.17) is 4.98 Å². The number of aryl methyl sites for hydroxylation is 1. The summed E-state index contributed by atoms with van der Waals surface area (Å²) < 4.78 is 29.8. The van der Waals surface area contributed by atoms with Crippen LogP contribution in [0.2, 0.25) is 0 Å². The number of carbonyl (C=O) groups is 2. The van der Waals surface area contributed by atoms with Crippen molar-refractivity contribution in [3.8, 4) is 0 Å². The highest BCUT2D eigenvalue weighted by Crippen LogP contribution is 2.38. The van der Waals surface area contributed by atoms with Gasteiger partial charge in [-0.05, 0) is 74.4 Å². The second-order valence-electron chi connectivity index (χ2n) is 12.9. The monoisotopic (exact) mass is 603 g/mol. The van der Waals surface area contributed by atoms with Crippen LogP contribution < -0.4 is 5.32 Å². The molecule has 2 saturated carbocycles. The summed E-state index contributed by atoms with van der Waals surface area (Å²) in [6, 6.07) is 2.81. The van der Waals surface area contributed by atoms with Gasteiger partial charge >= 0.3 is 0 Å². The molecule has 0 radical (unpaired) electrons. The third-order valence-electron chi connectivity index (χ3n) is 9.75. The zero-order valence-electron chi connectivity index (χ0n) is 25.6. The Labute approximate surface area is 253 Å². The van der Waals surface area contributed by atoms with Crippen LogP contribution >= 0.6 is 11.3 Å². The molecule has 2 aromatic heterocycles. The minimum atomic E-state index is -2.63. The first kappa shape index (κ1) is 31.1. The maximum atomic E-state index is 13.7. The zero-order chi connectivity index (χ0) is 30.0. The van der Waals surface area contributed by atoms with Crippen LogP contribution in [0.25, 0.3) is 0 Å². The molecular weight excluding hydrogens is 556 g/mol. The summed E-state index contributed by atoms with van der Waals surface area (Å²) in [5, 5.41) is 7.35. The molecule has 0 saturated heterocycles. The summed E-state index contributed by atoms with van der Waals surface area (Å²) >= 11 is 1.62. The highest BCUT2D eigenvalue weighted by atomic mass is 32.1. The van der Waals surface area contributed by atoms with E-state index in [1.54, 1.807) is 11.3 Å². The molecular formula is C32H47F2N5O2S. The molecule has 2 fully saturated rings. The molecule has 3 atom stereocenters. The van der Waals surface area contributed by atoms with Crippen molar-refractivity contribution in [2.45, 2.75) is 116 Å². The molecule has 10 heteroatoms. The van der Waals surface area contributed by atoms with Crippen LogP contribution in [-0.2, 0) is 22.6 Å². The van der Waals surface area contributed by atoms with Gasteiger partial charge in [0.1, 0.15) is 5.82 Å². The van der Waals surface area contributed by atoms with E-state index in [9.17, 15) is 18.4 Å². The van der Waals surface area contributed by atoms with Crippen molar-refractivity contribution in [3.05, 3.63) is 39.6 Å². The summed E-state index contributed by atoms with van der Waals surface area (Å²) in [5.74, 6) is -1.80. The topological polar surface area (TPSA) is 70.5 Å². The molecule has 2 unspecified atom stereocenters. The summed E-state index contributed by atoms with van der Waals surface area (Å²) in [6.45, 7) is 11.4. The first-order valence-electron chi connectivity index (χ1n) is 15.9. The fraction of sp³-hybridized carbons (Fsp3) is 0.719. The molecule has 5 rings (SSSR count). The van der Waals surface area contributed by atoms with E-state index in [-0.39, 0.29) is 55.4 Å². The molecule has 7 nitrogen and oxygen atoms in total. The van der Waals surface area contributed by atoms with Crippen molar-refractivity contribution in [3.63, 3.8) is 0 Å². The Balaban J connectivity index is 1.20. The van der Waals surface area contributed by atoms with Gasteiger partial charge in [0.2, 0.25) is 17.7 Å². The van der Waals surface area contributed by atoms with Gasteiger partial charge in [-0.2, -0.15) is 11.3 Å². The lowest BCUT2D eigenvalue weighted by molar-refractivity contribution is -0.135. The minimum Gasteiger partial charge on any atom is -0.349 e. The minimum absolute atomic E-state index is 0.00159. The van der Waals surface area contributed by atoms with Crippen LogP contribution in [-0.4, -0.2) is 62.8 Å². The van der Waals surface area contributed by atoms with Gasteiger partial charge in [0.05, 0.1) is 18.3 Å². The quantitative estimate of drug-likeness (QED) is 0.347. The van der Waals surface area contributed by atoms with Gasteiger partial charge in [0.25, 0.3) is 0 Å². The molecule has 2 aromatic rings. The average Bonchev–Trinajstić information content (AvgIpc) is 3.72. The summed E-state index contributed by atoms with van der Waals surface area (Å²) in [5.41, 5.74) is 3.45. The Hall–Kier alpha value is -2.33. The summed E-state index contributed by atoms with van der Waals surface area (Å²) in [7, 11) is 0. The van der Waals surface area contributed by atoms with Crippen LogP contribution in [0.1, 0.15) is 107 Å². The molecule has 42 heavy (non-hydrogen) atoms. The lowest BCUT2D eigenvalue weighted by Crippen LogP contribution is -2.40. The van der Waals surface area contributed by atoms with Crippen LogP contribution in [0.15, 0.2) is 16.8 Å². The smallest absolute Gasteiger partial charge is 0.248 e. The molecule has 232 valence electrons. The number of thiophene rings is 1. The number of hydrogen-bond donors (Lipinski definition) is 1. The van der Waals surface area contributed by atoms with E-state index in [1.165, 1.54) is 5.69 Å². The van der Waals surface area contributed by atoms with Gasteiger partial charge in [-0.15, -0.1) is 0 Å². The largest absolute Gasteiger partial charge is 0.349 e. The number of nitrogens with zero attached hydrogens (tertiary/aromatic N) is 4. The number of fused-ring (bicyclic) bond motifs is 1. The molecule has 0 aromatic carbocycles. The Morgan fingerprint density at radius 3 is 2.64 bits per heavy atom. The van der Waals surface area contributed by atoms with Crippen LogP contribution in [0.5, 0.6) is 0 Å². The standard InChI is InChI=1S/C32H47F2N5O2S/c1-5-37(15-10-27(24-12-17-42-20-24)36-30(40)23-8-13-32(33,34)14-9-23)25-6-7-26(18-25)39-22(4)35-28-19-38(16-11-29(28)39)31(41)21(2)3/h12,17,20-21,23,25-27H,5-11,13-16,18-19H2,1-4H3,(H,36,40)/t25?,26?,27-/m0/s1. The number of carbonyl (C=O) groups excluding carboxylic acids is 2. The Morgan fingerprint density at radius 2 is 1.98 bits per heavy atom. The average molecular weight is 604 g/mol. The maximum absolute atomic E-state index is 13.7. The van der Waals surface area contributed by atoms with Crippen molar-refractivity contribution >= 4 is 23.2 Å². The number of imidazole rings is 1. The van der Waals surface area contributed by atoms with Crippen molar-refractivity contribution in [1.29, 1.82) is 0 Å². The number of aromatic nitrogens is 2. The third-order valence-corrected chi connectivity index (χ3v) is 10.5. The number of nitrogens with one attached hydrogen (secondary N) is 1. The van der Waals surface area contributed by atoms with Gasteiger partial charge < -0.3 is 19.7 Å². The number of alkyl halides is 2. The van der Waals surface area contributed by atoms with Gasteiger partial charge in [-0.1, -0.05) is 20.8 Å². The van der Waals surface area contributed by atoms with Gasteiger partial charge in [0, 0.05) is 62.0 Å². The van der Waals surface area contributed by atoms with E-state index >= 15 is 0 Å². The first-order valence-corrected chi connectivity index (χ1v) is 16.8. The lowest BCUT2D eigenvalue weighted by Gasteiger charge is -2.32. The zero-order valence-corrected chi connectivity index (χ0v) is 26.4. The van der Waals surface area contributed by atoms with Crippen LogP contribution in [0, 0.1) is 18.8 Å². The second-order valence-corrected chi connectivity index (χ2v) is 13.7. The first-order chi connectivity index (χ1) is 20.1. The highest BCUT2D eigenvalue weighted by molar-refractivity contribution is 7.08. The van der Waals surface area contributed by atoms with Gasteiger partial charge in [-0.3, -0.25) is 9.59 Å². The van der Waals surface area contributed by atoms with Crippen LogP contribution in [0.3, 0.4) is 0 Å². The Bertz CT molecular complexity index is 1220. The fourth-order valence-electron chi connectivity index (χ4n) is 7.36. The third kappa shape index (κ3) is 6.90. The van der Waals surface area contributed by atoms with E-state index < -0.39 is 5.92 Å². The van der Waals surface area contributed by atoms with E-state index in [0.717, 1.165) is 68.8 Å². The number of amides is 2. The number of hydrogen-bond acceptors (Lipinski definition) is 5. The maximum Gasteiger partial charge on any atom is 0.248 e. The van der Waals surface area contributed by atoms with Gasteiger partial charge in [0.15, 0.2) is 0 Å². The summed E-state index contributed by atoms with van der Waals surface area (Å²) in [6.07, 6.45) is 5.05. The lowest BCUT2D eigenvalue weighted by atomic mass is 9.86. The van der Waals surface area contributed by atoms with E-state index in [1.807, 2.05) is 24.1 Å². The molecule has 2 aliphatic carbocycles. The van der Waals surface area contributed by atoms with E-state index in [2.05, 4.69) is 40.1 Å². The molecule has 1 N–H and O–H groups in total. The Morgan fingerprint density at radius 1 is 1.21 bits per heavy atom. The predicted octanol–water partition coefficient (Wildman–Crippen LogP) is 6.28. The van der Waals surface area contributed by atoms with Crippen LogP contribution in [0.4, 0.5) is 8.78 Å². The van der Waals surface area contributed by atoms with Crippen molar-refractivity contribution < 1.29 is 18.4 Å². The Kier molecular flexibility index (Phi) is 9.72. The molecule has 0 bridgehead atoms. The molecule has 1 aliphatic heterocycles. The number of halogens is 2. The predicted molar refractivity (Wildman–Crippen MR) is 162 cm³/mol. The number of rotatable bonds is 10. The SMILES string of the molecule is CCN(CC[C@H](NC(=O)C1CCC(F)(F)CC1)c1ccsc1)C1CCC(n2c(C)nc3c2CCN(C(=O)C(C)C)C3)C1. The molecule has 2 amide bonds. The van der Waals surface area contributed by atoms with Crippen molar-refractivity contribution in [2.24, 2.45) is 11.8 Å². The van der Waals surface area contributed by atoms with E-state index in [0.29, 0.717) is 18.6 Å². The molecule has 0 spiro atoms. The van der Waals surface area contributed by atoms with Gasteiger partial charge in [-0.25, -0.2) is 13.8 Å². The summed E-state index contributed by atoms with van der Waals surface area (Å²) in [4.78, 5) is 35.1. The second kappa shape index (κ2) is 13.1. The molecule has 3 heterocycles. The normalized spacial score (nSPS) is 23.4.